The second kappa shape index (κ2) is 5.65. The Bertz CT molecular complexity index is 369. The molecule has 2 heteroatoms. The van der Waals surface area contributed by atoms with E-state index in [-0.39, 0.29) is 6.10 Å². The van der Waals surface area contributed by atoms with Gasteiger partial charge in [0.05, 0.1) is 6.10 Å². The number of rotatable bonds is 4. The van der Waals surface area contributed by atoms with Gasteiger partial charge in [0.2, 0.25) is 0 Å². The number of hydrogen-bond donors (Lipinski definition) is 1. The SMILES string of the molecule is Cc1ccc(C(O)CCN2CCCC2)c(C)c1. The normalized spacial score (nSPS) is 18.5. The number of benzene rings is 1. The lowest BCUT2D eigenvalue weighted by atomic mass is 9.99. The van der Waals surface area contributed by atoms with Crippen LogP contribution in [0.4, 0.5) is 0 Å². The molecule has 0 saturated carbocycles. The lowest BCUT2D eigenvalue weighted by Crippen LogP contribution is -2.22. The van der Waals surface area contributed by atoms with E-state index in [1.807, 2.05) is 0 Å². The van der Waals surface area contributed by atoms with Crippen molar-refractivity contribution >= 4 is 0 Å². The molecule has 17 heavy (non-hydrogen) atoms. The molecule has 0 aliphatic carbocycles. The summed E-state index contributed by atoms with van der Waals surface area (Å²) in [6, 6.07) is 6.30. The van der Waals surface area contributed by atoms with Crippen LogP contribution in [-0.2, 0) is 0 Å². The third kappa shape index (κ3) is 3.30. The molecule has 2 nitrogen and oxygen atoms in total. The second-order valence-corrected chi connectivity index (χ2v) is 5.21. The van der Waals surface area contributed by atoms with E-state index in [9.17, 15) is 5.11 Å². The summed E-state index contributed by atoms with van der Waals surface area (Å²) >= 11 is 0. The lowest BCUT2D eigenvalue weighted by Gasteiger charge is -2.19. The predicted molar refractivity (Wildman–Crippen MR) is 71.2 cm³/mol. The molecule has 1 fully saturated rings. The summed E-state index contributed by atoms with van der Waals surface area (Å²) in [5.41, 5.74) is 3.56. The highest BCUT2D eigenvalue weighted by Crippen LogP contribution is 2.22. The zero-order chi connectivity index (χ0) is 12.3. The van der Waals surface area contributed by atoms with E-state index in [2.05, 4.69) is 36.9 Å². The van der Waals surface area contributed by atoms with Gasteiger partial charge in [-0.15, -0.1) is 0 Å². The minimum absolute atomic E-state index is 0.309. The van der Waals surface area contributed by atoms with Gasteiger partial charge in [0, 0.05) is 6.54 Å². The fourth-order valence-electron chi connectivity index (χ4n) is 2.67. The van der Waals surface area contributed by atoms with Crippen molar-refractivity contribution in [2.75, 3.05) is 19.6 Å². The summed E-state index contributed by atoms with van der Waals surface area (Å²) < 4.78 is 0. The van der Waals surface area contributed by atoms with Crippen LogP contribution >= 0.6 is 0 Å². The first kappa shape index (κ1) is 12.6. The molecule has 2 rings (SSSR count). The highest BCUT2D eigenvalue weighted by Gasteiger charge is 2.15. The summed E-state index contributed by atoms with van der Waals surface area (Å²) in [4.78, 5) is 2.45. The van der Waals surface area contributed by atoms with Gasteiger partial charge in [-0.2, -0.15) is 0 Å². The molecule has 1 heterocycles. The average Bonchev–Trinajstić information content (AvgIpc) is 2.78. The van der Waals surface area contributed by atoms with Gasteiger partial charge >= 0.3 is 0 Å². The van der Waals surface area contributed by atoms with Crippen LogP contribution in [0, 0.1) is 13.8 Å². The van der Waals surface area contributed by atoms with E-state index in [4.69, 9.17) is 0 Å². The topological polar surface area (TPSA) is 23.5 Å². The standard InChI is InChI=1S/C15H23NO/c1-12-5-6-14(13(2)11-12)15(17)7-10-16-8-3-4-9-16/h5-6,11,15,17H,3-4,7-10H2,1-2H3. The van der Waals surface area contributed by atoms with Gasteiger partial charge in [-0.1, -0.05) is 23.8 Å². The largest absolute Gasteiger partial charge is 0.388 e. The third-order valence-electron chi connectivity index (χ3n) is 3.70. The summed E-state index contributed by atoms with van der Waals surface area (Å²) in [5.74, 6) is 0. The van der Waals surface area contributed by atoms with Gasteiger partial charge in [-0.05, 0) is 57.3 Å². The molecule has 0 radical (unpaired) electrons. The lowest BCUT2D eigenvalue weighted by molar-refractivity contribution is 0.148. The van der Waals surface area contributed by atoms with Crippen molar-refractivity contribution in [3.8, 4) is 0 Å². The van der Waals surface area contributed by atoms with Crippen LogP contribution in [0.5, 0.6) is 0 Å². The van der Waals surface area contributed by atoms with E-state index < -0.39 is 0 Å². The van der Waals surface area contributed by atoms with E-state index in [1.54, 1.807) is 0 Å². The summed E-state index contributed by atoms with van der Waals surface area (Å²) in [5, 5.41) is 10.2. The Morgan fingerprint density at radius 3 is 2.59 bits per heavy atom. The molecule has 1 aromatic rings. The number of aryl methyl sites for hydroxylation is 2. The zero-order valence-corrected chi connectivity index (χ0v) is 10.9. The number of likely N-dealkylation sites (tertiary alicyclic amines) is 1. The Hall–Kier alpha value is -0.860. The maximum absolute atomic E-state index is 10.2. The van der Waals surface area contributed by atoms with Gasteiger partial charge in [0.25, 0.3) is 0 Å². The number of aliphatic hydroxyl groups is 1. The van der Waals surface area contributed by atoms with Crippen molar-refractivity contribution in [2.24, 2.45) is 0 Å². The Morgan fingerprint density at radius 1 is 1.24 bits per heavy atom. The molecule has 1 N–H and O–H groups in total. The van der Waals surface area contributed by atoms with Crippen LogP contribution in [0.25, 0.3) is 0 Å². The zero-order valence-electron chi connectivity index (χ0n) is 10.9. The molecule has 0 amide bonds. The Kier molecular flexibility index (Phi) is 4.19. The van der Waals surface area contributed by atoms with Crippen molar-refractivity contribution in [2.45, 2.75) is 39.2 Å². The van der Waals surface area contributed by atoms with E-state index >= 15 is 0 Å². The summed E-state index contributed by atoms with van der Waals surface area (Å²) in [6.07, 6.45) is 3.18. The van der Waals surface area contributed by atoms with Crippen LogP contribution < -0.4 is 0 Å². The fourth-order valence-corrected chi connectivity index (χ4v) is 2.67. The van der Waals surface area contributed by atoms with Crippen LogP contribution in [0.2, 0.25) is 0 Å². The van der Waals surface area contributed by atoms with Crippen molar-refractivity contribution in [1.29, 1.82) is 0 Å². The van der Waals surface area contributed by atoms with Gasteiger partial charge in [0.15, 0.2) is 0 Å². The highest BCUT2D eigenvalue weighted by atomic mass is 16.3. The molecule has 1 aliphatic heterocycles. The van der Waals surface area contributed by atoms with Crippen molar-refractivity contribution in [1.82, 2.24) is 4.90 Å². The Labute approximate surface area is 104 Å². The quantitative estimate of drug-likeness (QED) is 0.864. The number of aliphatic hydroxyl groups excluding tert-OH is 1. The van der Waals surface area contributed by atoms with E-state index in [0.717, 1.165) is 18.5 Å². The summed E-state index contributed by atoms with van der Waals surface area (Å²) in [7, 11) is 0. The summed E-state index contributed by atoms with van der Waals surface area (Å²) in [6.45, 7) is 7.61. The van der Waals surface area contributed by atoms with Crippen molar-refractivity contribution in [3.05, 3.63) is 34.9 Å². The molecular formula is C15H23NO. The van der Waals surface area contributed by atoms with Gasteiger partial charge in [0.1, 0.15) is 0 Å². The molecular weight excluding hydrogens is 210 g/mol. The monoisotopic (exact) mass is 233 g/mol. The number of hydrogen-bond acceptors (Lipinski definition) is 2. The van der Waals surface area contributed by atoms with Gasteiger partial charge < -0.3 is 10.0 Å². The molecule has 1 aliphatic rings. The van der Waals surface area contributed by atoms with E-state index in [1.165, 1.54) is 37.1 Å². The van der Waals surface area contributed by atoms with Crippen LogP contribution in [-0.4, -0.2) is 29.6 Å². The molecule has 0 spiro atoms. The van der Waals surface area contributed by atoms with Crippen LogP contribution in [0.1, 0.15) is 42.1 Å². The minimum Gasteiger partial charge on any atom is -0.388 e. The Balaban J connectivity index is 1.91. The first-order valence-corrected chi connectivity index (χ1v) is 6.64. The van der Waals surface area contributed by atoms with Crippen molar-refractivity contribution in [3.63, 3.8) is 0 Å². The molecule has 94 valence electrons. The third-order valence-corrected chi connectivity index (χ3v) is 3.70. The smallest absolute Gasteiger partial charge is 0.0804 e. The predicted octanol–water partition coefficient (Wildman–Crippen LogP) is 2.82. The van der Waals surface area contributed by atoms with Gasteiger partial charge in [-0.25, -0.2) is 0 Å². The first-order chi connectivity index (χ1) is 8.16. The van der Waals surface area contributed by atoms with Crippen LogP contribution in [0.3, 0.4) is 0 Å². The maximum atomic E-state index is 10.2. The van der Waals surface area contributed by atoms with E-state index in [0.29, 0.717) is 0 Å². The molecule has 1 aromatic carbocycles. The second-order valence-electron chi connectivity index (χ2n) is 5.21. The number of nitrogens with zero attached hydrogens (tertiary/aromatic N) is 1. The fraction of sp³-hybridized carbons (Fsp3) is 0.600. The Morgan fingerprint density at radius 2 is 1.94 bits per heavy atom. The minimum atomic E-state index is -0.309. The molecule has 1 unspecified atom stereocenters. The molecule has 0 bridgehead atoms. The first-order valence-electron chi connectivity index (χ1n) is 6.64. The molecule has 1 saturated heterocycles. The van der Waals surface area contributed by atoms with Gasteiger partial charge in [-0.3, -0.25) is 0 Å². The average molecular weight is 233 g/mol. The van der Waals surface area contributed by atoms with Crippen molar-refractivity contribution < 1.29 is 5.11 Å². The molecule has 0 aromatic heterocycles. The van der Waals surface area contributed by atoms with Crippen LogP contribution in [0.15, 0.2) is 18.2 Å². The highest BCUT2D eigenvalue weighted by molar-refractivity contribution is 5.31. The maximum Gasteiger partial charge on any atom is 0.0804 e. The molecule has 1 atom stereocenters.